The van der Waals surface area contributed by atoms with Crippen molar-refractivity contribution < 1.29 is 4.79 Å². The molecule has 1 amide bonds. The van der Waals surface area contributed by atoms with Gasteiger partial charge in [-0.25, -0.2) is 0 Å². The predicted molar refractivity (Wildman–Crippen MR) is 82.6 cm³/mol. The fraction of sp³-hybridized carbons (Fsp3) is 0.588. The topological polar surface area (TPSA) is 32.3 Å². The van der Waals surface area contributed by atoms with Crippen LogP contribution in [0.3, 0.4) is 0 Å². The number of nitrogens with one attached hydrogen (secondary N) is 1. The molecule has 1 fully saturated rings. The Bertz CT molecular complexity index is 424. The Morgan fingerprint density at radius 3 is 2.70 bits per heavy atom. The SMILES string of the molecule is CCC1(C(=O)N(C)CCCc2ccccc2)CCNC1. The van der Waals surface area contributed by atoms with E-state index in [1.54, 1.807) is 0 Å². The molecule has 1 unspecified atom stereocenters. The van der Waals surface area contributed by atoms with E-state index >= 15 is 0 Å². The molecule has 1 aliphatic rings. The van der Waals surface area contributed by atoms with Gasteiger partial charge in [-0.1, -0.05) is 37.3 Å². The van der Waals surface area contributed by atoms with Gasteiger partial charge >= 0.3 is 0 Å². The zero-order valence-electron chi connectivity index (χ0n) is 12.7. The van der Waals surface area contributed by atoms with Crippen molar-refractivity contribution in [3.05, 3.63) is 35.9 Å². The summed E-state index contributed by atoms with van der Waals surface area (Å²) >= 11 is 0. The van der Waals surface area contributed by atoms with Gasteiger partial charge in [0.15, 0.2) is 0 Å². The lowest BCUT2D eigenvalue weighted by Gasteiger charge is -2.31. The number of amides is 1. The molecule has 20 heavy (non-hydrogen) atoms. The fourth-order valence-corrected chi connectivity index (χ4v) is 3.05. The summed E-state index contributed by atoms with van der Waals surface area (Å²) < 4.78 is 0. The Balaban J connectivity index is 1.82. The first-order chi connectivity index (χ1) is 9.68. The highest BCUT2D eigenvalue weighted by molar-refractivity contribution is 5.83. The molecule has 1 heterocycles. The number of benzene rings is 1. The van der Waals surface area contributed by atoms with Gasteiger partial charge < -0.3 is 10.2 Å². The van der Waals surface area contributed by atoms with Crippen LogP contribution in [-0.2, 0) is 11.2 Å². The van der Waals surface area contributed by atoms with Crippen LogP contribution in [-0.4, -0.2) is 37.5 Å². The molecule has 1 aromatic carbocycles. The normalized spacial score (nSPS) is 21.9. The maximum absolute atomic E-state index is 12.6. The Labute approximate surface area is 122 Å². The van der Waals surface area contributed by atoms with E-state index in [2.05, 4.69) is 36.5 Å². The van der Waals surface area contributed by atoms with E-state index in [0.29, 0.717) is 5.91 Å². The van der Waals surface area contributed by atoms with E-state index in [1.165, 1.54) is 5.56 Å². The van der Waals surface area contributed by atoms with Crippen LogP contribution in [0, 0.1) is 5.41 Å². The molecular weight excluding hydrogens is 248 g/mol. The highest BCUT2D eigenvalue weighted by Crippen LogP contribution is 2.31. The number of carbonyl (C=O) groups is 1. The van der Waals surface area contributed by atoms with Crippen LogP contribution in [0.15, 0.2) is 30.3 Å². The molecule has 1 atom stereocenters. The fourth-order valence-electron chi connectivity index (χ4n) is 3.05. The molecule has 0 aromatic heterocycles. The van der Waals surface area contributed by atoms with Crippen LogP contribution in [0.1, 0.15) is 31.7 Å². The number of nitrogens with zero attached hydrogens (tertiary/aromatic N) is 1. The van der Waals surface area contributed by atoms with Crippen molar-refractivity contribution in [2.45, 2.75) is 32.6 Å². The van der Waals surface area contributed by atoms with Gasteiger partial charge in [-0.2, -0.15) is 0 Å². The molecule has 1 N–H and O–H groups in total. The van der Waals surface area contributed by atoms with Gasteiger partial charge in [-0.05, 0) is 37.8 Å². The molecule has 3 nitrogen and oxygen atoms in total. The third-order valence-corrected chi connectivity index (χ3v) is 4.52. The lowest BCUT2D eigenvalue weighted by atomic mass is 9.83. The third kappa shape index (κ3) is 3.40. The van der Waals surface area contributed by atoms with E-state index in [-0.39, 0.29) is 5.41 Å². The van der Waals surface area contributed by atoms with Gasteiger partial charge in [0.2, 0.25) is 5.91 Å². The Kier molecular flexibility index (Phi) is 5.18. The van der Waals surface area contributed by atoms with Gasteiger partial charge in [-0.3, -0.25) is 4.79 Å². The maximum Gasteiger partial charge on any atom is 0.229 e. The molecule has 2 rings (SSSR count). The molecule has 1 aromatic rings. The number of hydrogen-bond donors (Lipinski definition) is 1. The highest BCUT2D eigenvalue weighted by atomic mass is 16.2. The number of hydrogen-bond acceptors (Lipinski definition) is 2. The Hall–Kier alpha value is -1.35. The minimum atomic E-state index is -0.151. The monoisotopic (exact) mass is 274 g/mol. The molecule has 110 valence electrons. The molecule has 1 saturated heterocycles. The van der Waals surface area contributed by atoms with Crippen LogP contribution in [0.5, 0.6) is 0 Å². The van der Waals surface area contributed by atoms with Crippen molar-refractivity contribution in [2.75, 3.05) is 26.7 Å². The van der Waals surface area contributed by atoms with Crippen LogP contribution in [0.25, 0.3) is 0 Å². The minimum absolute atomic E-state index is 0.151. The predicted octanol–water partition coefficient (Wildman–Crippen LogP) is 2.47. The van der Waals surface area contributed by atoms with Crippen LogP contribution >= 0.6 is 0 Å². The zero-order valence-corrected chi connectivity index (χ0v) is 12.7. The highest BCUT2D eigenvalue weighted by Gasteiger charge is 2.40. The Morgan fingerprint density at radius 1 is 1.35 bits per heavy atom. The summed E-state index contributed by atoms with van der Waals surface area (Å²) in [6.07, 6.45) is 3.97. The lowest BCUT2D eigenvalue weighted by molar-refractivity contribution is -0.140. The van der Waals surface area contributed by atoms with E-state index < -0.39 is 0 Å². The van der Waals surface area contributed by atoms with Crippen molar-refractivity contribution in [1.82, 2.24) is 10.2 Å². The summed E-state index contributed by atoms with van der Waals surface area (Å²) in [6.45, 7) is 4.78. The van der Waals surface area contributed by atoms with Gasteiger partial charge in [0, 0.05) is 20.1 Å². The van der Waals surface area contributed by atoms with E-state index in [1.807, 2.05) is 18.0 Å². The standard InChI is InChI=1S/C17H26N2O/c1-3-17(11-12-18-14-17)16(20)19(2)13-7-10-15-8-5-4-6-9-15/h4-6,8-9,18H,3,7,10-14H2,1-2H3. The van der Waals surface area contributed by atoms with E-state index in [4.69, 9.17) is 0 Å². The number of carbonyl (C=O) groups excluding carboxylic acids is 1. The van der Waals surface area contributed by atoms with Crippen molar-refractivity contribution in [3.63, 3.8) is 0 Å². The average molecular weight is 274 g/mol. The number of aryl methyl sites for hydroxylation is 1. The molecule has 0 radical (unpaired) electrons. The summed E-state index contributed by atoms with van der Waals surface area (Å²) in [5.41, 5.74) is 1.20. The smallest absolute Gasteiger partial charge is 0.229 e. The maximum atomic E-state index is 12.6. The van der Waals surface area contributed by atoms with Crippen molar-refractivity contribution >= 4 is 5.91 Å². The summed E-state index contributed by atoms with van der Waals surface area (Å²) in [5, 5.41) is 3.33. The van der Waals surface area contributed by atoms with Crippen molar-refractivity contribution in [3.8, 4) is 0 Å². The summed E-state index contributed by atoms with van der Waals surface area (Å²) in [5.74, 6) is 0.318. The summed E-state index contributed by atoms with van der Waals surface area (Å²) in [6, 6.07) is 10.5. The van der Waals surface area contributed by atoms with Crippen LogP contribution in [0.2, 0.25) is 0 Å². The molecule has 3 heteroatoms. The largest absolute Gasteiger partial charge is 0.345 e. The zero-order chi connectivity index (χ0) is 14.4. The molecule has 0 aliphatic carbocycles. The first-order valence-corrected chi connectivity index (χ1v) is 7.68. The second-order valence-electron chi connectivity index (χ2n) is 5.88. The second kappa shape index (κ2) is 6.89. The van der Waals surface area contributed by atoms with Crippen molar-refractivity contribution in [2.24, 2.45) is 5.41 Å². The van der Waals surface area contributed by atoms with E-state index in [0.717, 1.165) is 45.3 Å². The molecule has 0 saturated carbocycles. The average Bonchev–Trinajstić information content (AvgIpc) is 2.97. The molecular formula is C17H26N2O. The first-order valence-electron chi connectivity index (χ1n) is 7.68. The summed E-state index contributed by atoms with van der Waals surface area (Å²) in [7, 11) is 1.95. The minimum Gasteiger partial charge on any atom is -0.345 e. The van der Waals surface area contributed by atoms with Gasteiger partial charge in [-0.15, -0.1) is 0 Å². The third-order valence-electron chi connectivity index (χ3n) is 4.52. The quantitative estimate of drug-likeness (QED) is 0.864. The molecule has 0 spiro atoms. The Morgan fingerprint density at radius 2 is 2.10 bits per heavy atom. The van der Waals surface area contributed by atoms with E-state index in [9.17, 15) is 4.79 Å². The van der Waals surface area contributed by atoms with Crippen LogP contribution in [0.4, 0.5) is 0 Å². The van der Waals surface area contributed by atoms with Gasteiger partial charge in [0.25, 0.3) is 0 Å². The molecule has 1 aliphatic heterocycles. The first kappa shape index (κ1) is 15.0. The van der Waals surface area contributed by atoms with Gasteiger partial charge in [0.1, 0.15) is 0 Å². The lowest BCUT2D eigenvalue weighted by Crippen LogP contribution is -2.43. The van der Waals surface area contributed by atoms with Gasteiger partial charge in [0.05, 0.1) is 5.41 Å². The molecule has 0 bridgehead atoms. The van der Waals surface area contributed by atoms with Crippen LogP contribution < -0.4 is 5.32 Å². The second-order valence-corrected chi connectivity index (χ2v) is 5.88. The number of rotatable bonds is 6. The summed E-state index contributed by atoms with van der Waals surface area (Å²) in [4.78, 5) is 14.6. The van der Waals surface area contributed by atoms with Crippen molar-refractivity contribution in [1.29, 1.82) is 0 Å².